The van der Waals surface area contributed by atoms with E-state index in [1.54, 1.807) is 13.1 Å². The zero-order valence-electron chi connectivity index (χ0n) is 16.7. The molecule has 1 N–H and O–H groups in total. The predicted molar refractivity (Wildman–Crippen MR) is 111 cm³/mol. The first kappa shape index (κ1) is 21.8. The van der Waals surface area contributed by atoms with Gasteiger partial charge in [0, 0.05) is 23.6 Å². The molecule has 3 rings (SSSR count). The van der Waals surface area contributed by atoms with Crippen LogP contribution in [0.2, 0.25) is 0 Å². The quantitative estimate of drug-likeness (QED) is 0.648. The van der Waals surface area contributed by atoms with Crippen molar-refractivity contribution < 1.29 is 23.5 Å². The molecular weight excluding hydrogens is 457 g/mol. The van der Waals surface area contributed by atoms with Crippen LogP contribution in [-0.2, 0) is 21.7 Å². The van der Waals surface area contributed by atoms with Crippen LogP contribution in [0.1, 0.15) is 18.1 Å². The summed E-state index contributed by atoms with van der Waals surface area (Å²) >= 11 is 3.39. The van der Waals surface area contributed by atoms with Gasteiger partial charge in [-0.25, -0.2) is 9.18 Å². The van der Waals surface area contributed by atoms with Gasteiger partial charge in [0.25, 0.3) is 5.91 Å². The molecule has 158 valence electrons. The molecule has 1 aliphatic heterocycles. The third kappa shape index (κ3) is 4.16. The summed E-state index contributed by atoms with van der Waals surface area (Å²) in [5, 5.41) is 2.60. The van der Waals surface area contributed by atoms with E-state index in [9.17, 15) is 18.8 Å². The van der Waals surface area contributed by atoms with Crippen molar-refractivity contribution in [1.82, 2.24) is 15.1 Å². The Morgan fingerprint density at radius 1 is 1.23 bits per heavy atom. The lowest BCUT2D eigenvalue weighted by Crippen LogP contribution is -2.43. The van der Waals surface area contributed by atoms with E-state index in [0.717, 1.165) is 14.9 Å². The lowest BCUT2D eigenvalue weighted by molar-refractivity contribution is -0.138. The fourth-order valence-corrected chi connectivity index (χ4v) is 3.70. The maximum atomic E-state index is 13.2. The maximum absolute atomic E-state index is 13.2. The summed E-state index contributed by atoms with van der Waals surface area (Å²) in [5.74, 6) is -0.808. The minimum absolute atomic E-state index is 0.236. The minimum Gasteiger partial charge on any atom is -0.496 e. The Bertz CT molecular complexity index is 998. The number of likely N-dealkylation sites (N-methyl/N-ethyl adjacent to an activating group) is 1. The Kier molecular flexibility index (Phi) is 6.12. The van der Waals surface area contributed by atoms with Crippen molar-refractivity contribution in [3.8, 4) is 5.75 Å². The standard InChI is InChI=1S/C21H21BrFN3O4/c1-21(14-4-7-16(23)8-5-14)19(28)26(20(29)24-21)12-18(27)25(2)11-13-10-15(22)6-9-17(13)30-3/h4-10H,11-12H2,1-3H3,(H,24,29)/t21-/m1/s1. The second kappa shape index (κ2) is 8.43. The van der Waals surface area contributed by atoms with E-state index >= 15 is 0 Å². The summed E-state index contributed by atoms with van der Waals surface area (Å²) in [6.07, 6.45) is 0. The number of nitrogens with one attached hydrogen (secondary N) is 1. The number of hydrogen-bond donors (Lipinski definition) is 1. The molecule has 2 aromatic rings. The van der Waals surface area contributed by atoms with Crippen molar-refractivity contribution in [3.05, 3.63) is 63.9 Å². The molecule has 0 radical (unpaired) electrons. The Labute approximate surface area is 181 Å². The molecule has 7 nitrogen and oxygen atoms in total. The highest BCUT2D eigenvalue weighted by Gasteiger charge is 2.49. The Balaban J connectivity index is 1.73. The number of methoxy groups -OCH3 is 1. The van der Waals surface area contributed by atoms with Crippen LogP contribution >= 0.6 is 15.9 Å². The molecule has 0 unspecified atom stereocenters. The van der Waals surface area contributed by atoms with E-state index in [4.69, 9.17) is 4.74 Å². The van der Waals surface area contributed by atoms with Gasteiger partial charge >= 0.3 is 6.03 Å². The first-order valence-corrected chi connectivity index (χ1v) is 9.91. The van der Waals surface area contributed by atoms with Gasteiger partial charge in [-0.3, -0.25) is 14.5 Å². The highest BCUT2D eigenvalue weighted by atomic mass is 79.9. The summed E-state index contributed by atoms with van der Waals surface area (Å²) in [7, 11) is 3.12. The summed E-state index contributed by atoms with van der Waals surface area (Å²) in [6.45, 7) is 1.36. The number of halogens is 2. The Morgan fingerprint density at radius 2 is 1.90 bits per heavy atom. The van der Waals surface area contributed by atoms with Gasteiger partial charge in [-0.1, -0.05) is 28.1 Å². The van der Waals surface area contributed by atoms with Crippen molar-refractivity contribution in [2.45, 2.75) is 19.0 Å². The van der Waals surface area contributed by atoms with Crippen molar-refractivity contribution in [2.24, 2.45) is 0 Å². The first-order chi connectivity index (χ1) is 14.2. The number of nitrogens with zero attached hydrogens (tertiary/aromatic N) is 2. The van der Waals surface area contributed by atoms with Gasteiger partial charge in [0.15, 0.2) is 0 Å². The van der Waals surface area contributed by atoms with E-state index in [1.165, 1.54) is 43.2 Å². The first-order valence-electron chi connectivity index (χ1n) is 9.12. The molecular formula is C21H21BrFN3O4. The van der Waals surface area contributed by atoms with Crippen LogP contribution in [0.3, 0.4) is 0 Å². The molecule has 0 bridgehead atoms. The van der Waals surface area contributed by atoms with Crippen LogP contribution in [-0.4, -0.2) is 48.3 Å². The Hall–Kier alpha value is -2.94. The number of carbonyl (C=O) groups excluding carboxylic acids is 3. The zero-order chi connectivity index (χ0) is 22.1. The van der Waals surface area contributed by atoms with Gasteiger partial charge < -0.3 is 15.0 Å². The molecule has 2 aromatic carbocycles. The molecule has 0 aliphatic carbocycles. The maximum Gasteiger partial charge on any atom is 0.325 e. The van der Waals surface area contributed by atoms with Crippen molar-refractivity contribution in [1.29, 1.82) is 0 Å². The van der Waals surface area contributed by atoms with E-state index < -0.39 is 35.7 Å². The van der Waals surface area contributed by atoms with E-state index in [-0.39, 0.29) is 6.54 Å². The van der Waals surface area contributed by atoms with Gasteiger partial charge in [-0.15, -0.1) is 0 Å². The van der Waals surface area contributed by atoms with Crippen LogP contribution in [0, 0.1) is 5.82 Å². The molecule has 0 spiro atoms. The molecule has 4 amide bonds. The number of benzene rings is 2. The zero-order valence-corrected chi connectivity index (χ0v) is 18.3. The minimum atomic E-state index is -1.36. The molecule has 1 heterocycles. The fourth-order valence-electron chi connectivity index (χ4n) is 3.29. The number of rotatable bonds is 6. The molecule has 30 heavy (non-hydrogen) atoms. The largest absolute Gasteiger partial charge is 0.496 e. The predicted octanol–water partition coefficient (Wildman–Crippen LogP) is 3.02. The molecule has 0 saturated carbocycles. The third-order valence-electron chi connectivity index (χ3n) is 5.07. The van der Waals surface area contributed by atoms with Gasteiger partial charge in [0.05, 0.1) is 7.11 Å². The number of ether oxygens (including phenoxy) is 1. The van der Waals surface area contributed by atoms with Crippen LogP contribution in [0.4, 0.5) is 9.18 Å². The molecule has 1 fully saturated rings. The van der Waals surface area contributed by atoms with Gasteiger partial charge in [0.1, 0.15) is 23.7 Å². The SMILES string of the molecule is COc1ccc(Br)cc1CN(C)C(=O)CN1C(=O)N[C@](C)(c2ccc(F)cc2)C1=O. The van der Waals surface area contributed by atoms with E-state index in [1.807, 2.05) is 12.1 Å². The third-order valence-corrected chi connectivity index (χ3v) is 5.56. The lowest BCUT2D eigenvalue weighted by atomic mass is 9.92. The summed E-state index contributed by atoms with van der Waals surface area (Å²) in [4.78, 5) is 40.4. The van der Waals surface area contributed by atoms with Crippen LogP contribution < -0.4 is 10.1 Å². The highest BCUT2D eigenvalue weighted by Crippen LogP contribution is 2.29. The average molecular weight is 478 g/mol. The molecule has 9 heteroatoms. The van der Waals surface area contributed by atoms with Gasteiger partial charge in [0.2, 0.25) is 5.91 Å². The molecule has 1 aliphatic rings. The Morgan fingerprint density at radius 3 is 2.53 bits per heavy atom. The van der Waals surface area contributed by atoms with Crippen molar-refractivity contribution >= 4 is 33.8 Å². The van der Waals surface area contributed by atoms with Crippen molar-refractivity contribution in [2.75, 3.05) is 20.7 Å². The van der Waals surface area contributed by atoms with E-state index in [0.29, 0.717) is 11.3 Å². The smallest absolute Gasteiger partial charge is 0.325 e. The summed E-state index contributed by atoms with van der Waals surface area (Å²) in [6, 6.07) is 10.1. The second-order valence-electron chi connectivity index (χ2n) is 7.16. The van der Waals surface area contributed by atoms with E-state index in [2.05, 4.69) is 21.2 Å². The number of amides is 4. The normalized spacial score (nSPS) is 18.4. The summed E-state index contributed by atoms with van der Waals surface area (Å²) < 4.78 is 19.4. The molecule has 1 saturated heterocycles. The van der Waals surface area contributed by atoms with Crippen LogP contribution in [0.25, 0.3) is 0 Å². The highest BCUT2D eigenvalue weighted by molar-refractivity contribution is 9.10. The lowest BCUT2D eigenvalue weighted by Gasteiger charge is -2.23. The number of urea groups is 1. The van der Waals surface area contributed by atoms with Crippen molar-refractivity contribution in [3.63, 3.8) is 0 Å². The number of hydrogen-bond acceptors (Lipinski definition) is 4. The average Bonchev–Trinajstić information content (AvgIpc) is 2.92. The second-order valence-corrected chi connectivity index (χ2v) is 8.07. The van der Waals surface area contributed by atoms with Crippen LogP contribution in [0.15, 0.2) is 46.9 Å². The van der Waals surface area contributed by atoms with Crippen LogP contribution in [0.5, 0.6) is 5.75 Å². The van der Waals surface area contributed by atoms with Gasteiger partial charge in [-0.05, 0) is 42.8 Å². The molecule has 1 atom stereocenters. The number of carbonyl (C=O) groups is 3. The fraction of sp³-hybridized carbons (Fsp3) is 0.286. The monoisotopic (exact) mass is 477 g/mol. The number of imide groups is 1. The molecule has 0 aromatic heterocycles. The van der Waals surface area contributed by atoms with Gasteiger partial charge in [-0.2, -0.15) is 0 Å². The summed E-state index contributed by atoms with van der Waals surface area (Å²) in [5.41, 5.74) is -0.155. The topological polar surface area (TPSA) is 79.0 Å².